The molecule has 0 aliphatic heterocycles. The van der Waals surface area contributed by atoms with E-state index in [0.717, 1.165) is 51.4 Å². The topological polar surface area (TPSA) is 64.6 Å². The van der Waals surface area contributed by atoms with E-state index in [1.54, 1.807) is 0 Å². The smallest absolute Gasteiger partial charge is 0.298 e. The molecule has 0 amide bonds. The van der Waals surface area contributed by atoms with E-state index >= 15 is 0 Å². The van der Waals surface area contributed by atoms with Crippen molar-refractivity contribution in [3.8, 4) is 0 Å². The third-order valence-corrected chi connectivity index (χ3v) is 15.6. The van der Waals surface area contributed by atoms with Crippen LogP contribution in [0.3, 0.4) is 0 Å². The molecule has 2 aliphatic rings. The minimum absolute atomic E-state index is 0.0635. The summed E-state index contributed by atoms with van der Waals surface area (Å²) in [5, 5.41) is 0. The molecule has 0 N–H and O–H groups in total. The molecule has 4 unspecified atom stereocenters. The third-order valence-electron chi connectivity index (χ3n) is 9.19. The molecular formula is C36H82O7Si6. The Kier molecular flexibility index (Phi) is 20.5. The molecule has 0 aromatic rings. The average Bonchev–Trinajstić information content (AvgIpc) is 2.93. The van der Waals surface area contributed by atoms with Crippen LogP contribution in [0.2, 0.25) is 78.6 Å². The van der Waals surface area contributed by atoms with Crippen molar-refractivity contribution in [2.75, 3.05) is 0 Å². The minimum atomic E-state index is -1.99. The number of rotatable bonds is 14. The predicted molar refractivity (Wildman–Crippen MR) is 223 cm³/mol. The van der Waals surface area contributed by atoms with Crippen molar-refractivity contribution in [1.82, 2.24) is 0 Å². The molecule has 0 radical (unpaired) electrons. The van der Waals surface area contributed by atoms with Crippen LogP contribution in [0.25, 0.3) is 0 Å². The van der Waals surface area contributed by atoms with Crippen LogP contribution in [0.4, 0.5) is 0 Å². The van der Waals surface area contributed by atoms with E-state index in [0.29, 0.717) is 0 Å². The summed E-state index contributed by atoms with van der Waals surface area (Å²) in [5.74, 6) is -1.48. The third kappa shape index (κ3) is 20.3. The van der Waals surface area contributed by atoms with Gasteiger partial charge in [0.05, 0.1) is 12.2 Å². The second-order valence-corrected chi connectivity index (χ2v) is 39.4. The van der Waals surface area contributed by atoms with Crippen LogP contribution in [0.1, 0.15) is 128 Å². The summed E-state index contributed by atoms with van der Waals surface area (Å²) in [4.78, 5) is 0. The fourth-order valence-electron chi connectivity index (χ4n) is 7.41. The second-order valence-electron chi connectivity index (χ2n) is 19.0. The van der Waals surface area contributed by atoms with Gasteiger partial charge in [-0.1, -0.05) is 89.9 Å². The molecule has 2 saturated carbocycles. The van der Waals surface area contributed by atoms with Gasteiger partial charge in [0.15, 0.2) is 44.8 Å². The molecule has 2 fully saturated rings. The van der Waals surface area contributed by atoms with Crippen LogP contribution in [0, 0.1) is 0 Å². The lowest BCUT2D eigenvalue weighted by Crippen LogP contribution is -2.58. The van der Waals surface area contributed by atoms with Crippen molar-refractivity contribution >= 4 is 53.3 Å². The molecule has 2 rings (SSSR count). The molecule has 0 bridgehead atoms. The summed E-state index contributed by atoms with van der Waals surface area (Å²) < 4.78 is 49.2. The van der Waals surface area contributed by atoms with Gasteiger partial charge >= 0.3 is 0 Å². The van der Waals surface area contributed by atoms with E-state index in [-0.39, 0.29) is 12.2 Å². The zero-order chi connectivity index (χ0) is 36.7. The van der Waals surface area contributed by atoms with E-state index in [4.69, 9.17) is 30.7 Å². The Labute approximate surface area is 313 Å². The summed E-state index contributed by atoms with van der Waals surface area (Å²) in [6.07, 6.45) is 23.6. The Bertz CT molecular complexity index is 819. The van der Waals surface area contributed by atoms with Crippen LogP contribution >= 0.6 is 0 Å². The molecule has 49 heavy (non-hydrogen) atoms. The van der Waals surface area contributed by atoms with E-state index in [9.17, 15) is 0 Å². The Morgan fingerprint density at radius 2 is 0.673 bits per heavy atom. The van der Waals surface area contributed by atoms with Crippen molar-refractivity contribution in [3.63, 3.8) is 0 Å². The molecule has 7 nitrogen and oxygen atoms in total. The normalized spacial score (nSPS) is 29.4. The average molecular weight is 796 g/mol. The summed E-state index contributed by atoms with van der Waals surface area (Å²) in [6, 6.07) is 0. The van der Waals surface area contributed by atoms with E-state index < -0.39 is 64.9 Å². The van der Waals surface area contributed by atoms with Gasteiger partial charge in [-0.25, -0.2) is 0 Å². The van der Waals surface area contributed by atoms with Crippen LogP contribution in [-0.2, 0) is 30.7 Å². The first-order chi connectivity index (χ1) is 22.7. The highest BCUT2D eigenvalue weighted by Gasteiger charge is 2.48. The van der Waals surface area contributed by atoms with E-state index in [1.165, 1.54) is 77.0 Å². The summed E-state index contributed by atoms with van der Waals surface area (Å²) >= 11 is 0. The molecule has 0 aromatic heterocycles. The molecule has 0 heterocycles. The van der Waals surface area contributed by atoms with Crippen LogP contribution in [-0.4, -0.2) is 77.1 Å². The van der Waals surface area contributed by atoms with Crippen molar-refractivity contribution in [1.29, 1.82) is 0 Å². The Morgan fingerprint density at radius 3 is 0.959 bits per heavy atom. The molecule has 4 atom stereocenters. The monoisotopic (exact) mass is 794 g/mol. The molecule has 13 heteroatoms. The summed E-state index contributed by atoms with van der Waals surface area (Å²) in [5.41, 5.74) is 0. The van der Waals surface area contributed by atoms with Crippen LogP contribution < -0.4 is 0 Å². The predicted octanol–water partition coefficient (Wildman–Crippen LogP) is 10.4. The maximum atomic E-state index is 7.17. The highest BCUT2D eigenvalue weighted by atomic mass is 28.4. The highest BCUT2D eigenvalue weighted by Crippen LogP contribution is 2.38. The lowest BCUT2D eigenvalue weighted by molar-refractivity contribution is -0.204. The maximum absolute atomic E-state index is 7.17. The van der Waals surface area contributed by atoms with Crippen LogP contribution in [0.15, 0.2) is 0 Å². The zero-order valence-electron chi connectivity index (χ0n) is 34.6. The van der Waals surface area contributed by atoms with Gasteiger partial charge in [0.1, 0.15) is 0 Å². The van der Waals surface area contributed by atoms with Gasteiger partial charge in [0.2, 0.25) is 0 Å². The Hall–Kier alpha value is 1.02. The second kappa shape index (κ2) is 21.8. The van der Waals surface area contributed by atoms with Gasteiger partial charge in [-0.05, 0) is 104 Å². The molecule has 0 spiro atoms. The Morgan fingerprint density at radius 1 is 0.388 bits per heavy atom. The molecule has 292 valence electrons. The van der Waals surface area contributed by atoms with E-state index in [1.807, 2.05) is 0 Å². The SMILES string of the molecule is C[Si](C)(C)OC1CCCCCCCCCCC1(O[SiH2]O[SiH2]OC1(O[Si](C)(C)C)CCCCCCCCCCC1O[Si](C)(C)C)O[Si](C)(C)C. The summed E-state index contributed by atoms with van der Waals surface area (Å²) in [7, 11) is -10.5. The van der Waals surface area contributed by atoms with Crippen molar-refractivity contribution < 1.29 is 30.7 Å². The summed E-state index contributed by atoms with van der Waals surface area (Å²) in [6.45, 7) is 27.6. The number of hydrogen-bond donors (Lipinski definition) is 0. The lowest BCUT2D eigenvalue weighted by Gasteiger charge is -2.47. The Balaban J connectivity index is 2.36. The first-order valence-electron chi connectivity index (χ1n) is 20.4. The molecular weight excluding hydrogens is 713 g/mol. The quantitative estimate of drug-likeness (QED) is 0.0986. The first kappa shape index (κ1) is 46.2. The standard InChI is InChI=1S/C36H82O7Si6/c1-46(2,3)37-33-29-25-21-17-13-15-19-23-27-31-35(33,41-48(7,8)9)39-44-43-45-40-36(42-49(10,11)12)32-28-24-20-16-14-18-22-26-30-34(36)38-47(4,5)6/h33-34H,13-32,44-45H2,1-12H3. The number of hydrogen-bond acceptors (Lipinski definition) is 7. The van der Waals surface area contributed by atoms with Crippen molar-refractivity contribution in [2.24, 2.45) is 0 Å². The zero-order valence-corrected chi connectivity index (χ0v) is 41.4. The highest BCUT2D eigenvalue weighted by molar-refractivity contribution is 6.71. The van der Waals surface area contributed by atoms with Gasteiger partial charge in [0, 0.05) is 12.8 Å². The van der Waals surface area contributed by atoms with Crippen molar-refractivity contribution in [2.45, 2.75) is 231 Å². The first-order valence-corrected chi connectivity index (χ1v) is 36.3. The van der Waals surface area contributed by atoms with Crippen LogP contribution in [0.5, 0.6) is 0 Å². The molecule has 0 aromatic carbocycles. The van der Waals surface area contributed by atoms with Gasteiger partial charge < -0.3 is 30.7 Å². The fourth-order valence-corrected chi connectivity index (χ4v) is 14.7. The van der Waals surface area contributed by atoms with Gasteiger partial charge in [0.25, 0.3) is 20.0 Å². The van der Waals surface area contributed by atoms with Gasteiger partial charge in [-0.3, -0.25) is 0 Å². The van der Waals surface area contributed by atoms with Gasteiger partial charge in [-0.15, -0.1) is 0 Å². The largest absolute Gasteiger partial charge is 0.424 e. The van der Waals surface area contributed by atoms with Crippen molar-refractivity contribution in [3.05, 3.63) is 0 Å². The minimum Gasteiger partial charge on any atom is -0.424 e. The molecule has 0 saturated heterocycles. The lowest BCUT2D eigenvalue weighted by atomic mass is 9.95. The maximum Gasteiger partial charge on any atom is 0.298 e. The van der Waals surface area contributed by atoms with E-state index in [2.05, 4.69) is 78.6 Å². The van der Waals surface area contributed by atoms with Gasteiger partial charge in [-0.2, -0.15) is 0 Å². The molecule has 2 aliphatic carbocycles. The fraction of sp³-hybridized carbons (Fsp3) is 1.00.